The van der Waals surface area contributed by atoms with E-state index in [4.69, 9.17) is 14.2 Å². The second-order valence-corrected chi connectivity index (χ2v) is 8.08. The number of aliphatic hydroxyl groups excluding tert-OH is 1. The van der Waals surface area contributed by atoms with Crippen LogP contribution in [0.25, 0.3) is 0 Å². The van der Waals surface area contributed by atoms with Gasteiger partial charge in [0.05, 0.1) is 6.61 Å². The van der Waals surface area contributed by atoms with Crippen molar-refractivity contribution in [3.05, 3.63) is 35.4 Å². The second-order valence-electron chi connectivity index (χ2n) is 8.08. The van der Waals surface area contributed by atoms with Gasteiger partial charge < -0.3 is 24.2 Å². The van der Waals surface area contributed by atoms with Gasteiger partial charge in [-0.25, -0.2) is 0 Å². The number of piperidine rings is 1. The Labute approximate surface area is 154 Å². The van der Waals surface area contributed by atoms with E-state index in [1.165, 1.54) is 11.1 Å². The standard InChI is InChI=1S/C21H27NO4/c1-3-10-24-12-25-17-7-4-13-11-15-14-5-6-16(23)20-21(14,8-9-22(15)2)18(13)19(17)26-20/h4-7,14-16,20,23H,3,8-12H2,1-2H3. The third-order valence-electron chi connectivity index (χ3n) is 6.78. The number of ether oxygens (including phenoxy) is 3. The lowest BCUT2D eigenvalue weighted by atomic mass is 9.53. The van der Waals surface area contributed by atoms with Crippen LogP contribution in [0.2, 0.25) is 0 Å². The summed E-state index contributed by atoms with van der Waals surface area (Å²) in [5.41, 5.74) is 2.51. The van der Waals surface area contributed by atoms with Crippen LogP contribution < -0.4 is 9.47 Å². The minimum absolute atomic E-state index is 0.127. The highest BCUT2D eigenvalue weighted by atomic mass is 16.7. The van der Waals surface area contributed by atoms with Crippen molar-refractivity contribution in [1.82, 2.24) is 4.90 Å². The Morgan fingerprint density at radius 2 is 2.23 bits per heavy atom. The van der Waals surface area contributed by atoms with Gasteiger partial charge in [-0.05, 0) is 44.5 Å². The Morgan fingerprint density at radius 3 is 3.08 bits per heavy atom. The third-order valence-corrected chi connectivity index (χ3v) is 6.78. The summed E-state index contributed by atoms with van der Waals surface area (Å²) < 4.78 is 17.8. The monoisotopic (exact) mass is 357 g/mol. The first-order valence-corrected chi connectivity index (χ1v) is 9.77. The molecule has 2 aliphatic carbocycles. The van der Waals surface area contributed by atoms with Crippen molar-refractivity contribution in [3.8, 4) is 11.5 Å². The van der Waals surface area contributed by atoms with Gasteiger partial charge in [0.15, 0.2) is 18.3 Å². The summed E-state index contributed by atoms with van der Waals surface area (Å²) in [5.74, 6) is 1.96. The fourth-order valence-corrected chi connectivity index (χ4v) is 5.65. The van der Waals surface area contributed by atoms with E-state index in [0.717, 1.165) is 37.3 Å². The minimum Gasteiger partial charge on any atom is -0.482 e. The van der Waals surface area contributed by atoms with Crippen LogP contribution in [-0.4, -0.2) is 55.2 Å². The van der Waals surface area contributed by atoms with Crippen molar-refractivity contribution in [2.45, 2.75) is 49.9 Å². The molecule has 2 heterocycles. The zero-order valence-electron chi connectivity index (χ0n) is 15.5. The fourth-order valence-electron chi connectivity index (χ4n) is 5.65. The Morgan fingerprint density at radius 1 is 1.35 bits per heavy atom. The van der Waals surface area contributed by atoms with Crippen molar-refractivity contribution < 1.29 is 19.3 Å². The van der Waals surface area contributed by atoms with Gasteiger partial charge in [-0.3, -0.25) is 0 Å². The molecule has 0 aromatic heterocycles. The van der Waals surface area contributed by atoms with Gasteiger partial charge in [0.2, 0.25) is 0 Å². The van der Waals surface area contributed by atoms with Gasteiger partial charge in [-0.15, -0.1) is 0 Å². The quantitative estimate of drug-likeness (QED) is 0.498. The average molecular weight is 357 g/mol. The highest BCUT2D eigenvalue weighted by Crippen LogP contribution is 2.62. The molecule has 1 spiro atoms. The Hall–Kier alpha value is -1.56. The molecule has 1 aromatic carbocycles. The maximum Gasteiger partial charge on any atom is 0.189 e. The molecule has 5 unspecified atom stereocenters. The number of nitrogens with zero attached hydrogens (tertiary/aromatic N) is 1. The minimum atomic E-state index is -0.571. The summed E-state index contributed by atoms with van der Waals surface area (Å²) in [6.07, 6.45) is 6.38. The molecule has 5 rings (SSSR count). The highest BCUT2D eigenvalue weighted by Gasteiger charge is 2.64. The van der Waals surface area contributed by atoms with E-state index in [1.54, 1.807) is 0 Å². The largest absolute Gasteiger partial charge is 0.482 e. The molecule has 140 valence electrons. The molecule has 2 bridgehead atoms. The maximum absolute atomic E-state index is 10.7. The normalized spacial score (nSPS) is 36.6. The molecule has 1 fully saturated rings. The van der Waals surface area contributed by atoms with E-state index in [1.807, 2.05) is 12.1 Å². The molecule has 5 nitrogen and oxygen atoms in total. The third kappa shape index (κ3) is 2.08. The Kier molecular flexibility index (Phi) is 3.82. The van der Waals surface area contributed by atoms with E-state index in [0.29, 0.717) is 18.6 Å². The van der Waals surface area contributed by atoms with Crippen molar-refractivity contribution in [2.75, 3.05) is 27.0 Å². The summed E-state index contributed by atoms with van der Waals surface area (Å²) in [6.45, 7) is 4.03. The van der Waals surface area contributed by atoms with Crippen LogP contribution >= 0.6 is 0 Å². The molecule has 5 atom stereocenters. The summed E-state index contributed by atoms with van der Waals surface area (Å²) in [7, 11) is 2.22. The summed E-state index contributed by atoms with van der Waals surface area (Å²) in [5, 5.41) is 10.7. The molecular formula is C21H27NO4. The molecule has 0 saturated carbocycles. The van der Waals surface area contributed by atoms with Gasteiger partial charge in [0.25, 0.3) is 0 Å². The maximum atomic E-state index is 10.7. The number of hydrogen-bond acceptors (Lipinski definition) is 5. The molecule has 1 N–H and O–H groups in total. The molecule has 4 aliphatic rings. The van der Waals surface area contributed by atoms with Crippen molar-refractivity contribution in [2.24, 2.45) is 5.92 Å². The van der Waals surface area contributed by atoms with E-state index in [9.17, 15) is 5.11 Å². The molecule has 0 radical (unpaired) electrons. The lowest BCUT2D eigenvalue weighted by molar-refractivity contribution is -0.0460. The van der Waals surface area contributed by atoms with Crippen molar-refractivity contribution in [1.29, 1.82) is 0 Å². The second kappa shape index (κ2) is 5.98. The van der Waals surface area contributed by atoms with Gasteiger partial charge in [0, 0.05) is 22.9 Å². The first-order chi connectivity index (χ1) is 12.7. The van der Waals surface area contributed by atoms with Gasteiger partial charge >= 0.3 is 0 Å². The average Bonchev–Trinajstić information content (AvgIpc) is 3.00. The predicted octanol–water partition coefficient (Wildman–Crippen LogP) is 2.26. The van der Waals surface area contributed by atoms with Crippen LogP contribution in [-0.2, 0) is 16.6 Å². The molecular weight excluding hydrogens is 330 g/mol. The zero-order chi connectivity index (χ0) is 17.9. The number of benzene rings is 1. The highest BCUT2D eigenvalue weighted by molar-refractivity contribution is 5.62. The number of hydrogen-bond donors (Lipinski definition) is 1. The molecule has 0 amide bonds. The summed E-state index contributed by atoms with van der Waals surface area (Å²) in [4.78, 5) is 2.47. The molecule has 2 aliphatic heterocycles. The van der Waals surface area contributed by atoms with E-state index >= 15 is 0 Å². The number of likely N-dealkylation sites (tertiary alicyclic amines) is 1. The molecule has 26 heavy (non-hydrogen) atoms. The van der Waals surface area contributed by atoms with Crippen LogP contribution in [0.1, 0.15) is 30.9 Å². The van der Waals surface area contributed by atoms with E-state index < -0.39 is 6.10 Å². The number of rotatable bonds is 5. The Bertz CT molecular complexity index is 748. The van der Waals surface area contributed by atoms with Crippen LogP contribution in [0.3, 0.4) is 0 Å². The topological polar surface area (TPSA) is 51.2 Å². The molecule has 1 aromatic rings. The van der Waals surface area contributed by atoms with E-state index in [2.05, 4.69) is 31.0 Å². The first-order valence-electron chi connectivity index (χ1n) is 9.77. The fraction of sp³-hybridized carbons (Fsp3) is 0.619. The predicted molar refractivity (Wildman–Crippen MR) is 97.6 cm³/mol. The molecule has 1 saturated heterocycles. The van der Waals surface area contributed by atoms with Gasteiger partial charge in [-0.1, -0.05) is 25.1 Å². The SMILES string of the molecule is CCCOCOc1ccc2c3c1OC1C(O)C=CC4C(C2)N(C)CCC341. The van der Waals surface area contributed by atoms with Crippen LogP contribution in [0.4, 0.5) is 0 Å². The van der Waals surface area contributed by atoms with Crippen LogP contribution in [0.15, 0.2) is 24.3 Å². The number of aliphatic hydroxyl groups is 1. The summed E-state index contributed by atoms with van der Waals surface area (Å²) >= 11 is 0. The van der Waals surface area contributed by atoms with Gasteiger partial charge in [-0.2, -0.15) is 0 Å². The zero-order valence-corrected chi connectivity index (χ0v) is 15.5. The Balaban J connectivity index is 1.59. The van der Waals surface area contributed by atoms with Crippen molar-refractivity contribution in [3.63, 3.8) is 0 Å². The first kappa shape index (κ1) is 16.6. The number of likely N-dealkylation sites (N-methyl/N-ethyl adjacent to an activating group) is 1. The van der Waals surface area contributed by atoms with Gasteiger partial charge in [0.1, 0.15) is 12.2 Å². The lowest BCUT2D eigenvalue weighted by Gasteiger charge is -2.56. The van der Waals surface area contributed by atoms with Crippen LogP contribution in [0, 0.1) is 5.92 Å². The van der Waals surface area contributed by atoms with Crippen molar-refractivity contribution >= 4 is 0 Å². The van der Waals surface area contributed by atoms with Crippen LogP contribution in [0.5, 0.6) is 11.5 Å². The lowest BCUT2D eigenvalue weighted by Crippen LogP contribution is -2.64. The smallest absolute Gasteiger partial charge is 0.189 e. The van der Waals surface area contributed by atoms with E-state index in [-0.39, 0.29) is 18.3 Å². The summed E-state index contributed by atoms with van der Waals surface area (Å²) in [6, 6.07) is 4.67. The molecule has 5 heteroatoms.